The second kappa shape index (κ2) is 9.33. The fraction of sp³-hybridized carbons (Fsp3) is 0.733. The third-order valence-electron chi connectivity index (χ3n) is 3.18. The zero-order chi connectivity index (χ0) is 19.1. The molecule has 0 saturated carbocycles. The normalized spacial score (nSPS) is 28.6. The molecule has 0 N–H and O–H groups in total. The number of ether oxygens (including phenoxy) is 6. The molecule has 142 valence electrons. The van der Waals surface area contributed by atoms with E-state index in [1.165, 1.54) is 14.0 Å². The number of carbonyl (C=O) groups excluding carboxylic acids is 4. The zero-order valence-electron chi connectivity index (χ0n) is 14.7. The fourth-order valence-electron chi connectivity index (χ4n) is 2.38. The molecular weight excluding hydrogens is 340 g/mol. The van der Waals surface area contributed by atoms with Crippen LogP contribution in [0.25, 0.3) is 0 Å². The van der Waals surface area contributed by atoms with E-state index in [1.807, 2.05) is 0 Å². The second-order valence-corrected chi connectivity index (χ2v) is 5.30. The van der Waals surface area contributed by atoms with Crippen molar-refractivity contribution in [2.24, 2.45) is 0 Å². The summed E-state index contributed by atoms with van der Waals surface area (Å²) in [5.74, 6) is -2.63. The van der Waals surface area contributed by atoms with Crippen LogP contribution in [0.4, 0.5) is 0 Å². The first-order chi connectivity index (χ1) is 11.6. The first-order valence-electron chi connectivity index (χ1n) is 7.49. The summed E-state index contributed by atoms with van der Waals surface area (Å²) >= 11 is 0. The van der Waals surface area contributed by atoms with Gasteiger partial charge in [-0.15, -0.1) is 0 Å². The summed E-state index contributed by atoms with van der Waals surface area (Å²) in [6, 6.07) is 0. The maximum atomic E-state index is 11.5. The number of carbonyl (C=O) groups is 4. The Labute approximate surface area is 144 Å². The van der Waals surface area contributed by atoms with E-state index in [1.54, 1.807) is 0 Å². The first-order valence-corrected chi connectivity index (χ1v) is 7.49. The van der Waals surface area contributed by atoms with E-state index in [0.29, 0.717) is 0 Å². The molecule has 1 rings (SSSR count). The zero-order valence-corrected chi connectivity index (χ0v) is 14.7. The molecule has 1 aliphatic rings. The molecule has 1 fully saturated rings. The monoisotopic (exact) mass is 362 g/mol. The Balaban J connectivity index is 3.18. The Morgan fingerprint density at radius 1 is 0.760 bits per heavy atom. The highest BCUT2D eigenvalue weighted by molar-refractivity contribution is 5.68. The average molecular weight is 362 g/mol. The summed E-state index contributed by atoms with van der Waals surface area (Å²) in [6.45, 7) is 4.37. The third-order valence-corrected chi connectivity index (χ3v) is 3.18. The van der Waals surface area contributed by atoms with Gasteiger partial charge in [0.05, 0.1) is 0 Å². The number of rotatable bonds is 6. The van der Waals surface area contributed by atoms with Gasteiger partial charge >= 0.3 is 23.9 Å². The van der Waals surface area contributed by atoms with Gasteiger partial charge in [-0.1, -0.05) is 0 Å². The standard InChI is InChI=1S/C15H22O10/c1-7(16)21-6-11-12(22-8(2)17)13(23-9(3)18)14(24-10(4)19)15(20-5)25-11/h11-15H,6H2,1-5H3/t11?,12-,13-,14+,15?/m0/s1. The molecule has 1 aliphatic heterocycles. The molecule has 25 heavy (non-hydrogen) atoms. The average Bonchev–Trinajstić information content (AvgIpc) is 2.48. The first kappa shape index (κ1) is 20.8. The van der Waals surface area contributed by atoms with Crippen molar-refractivity contribution in [2.75, 3.05) is 13.7 Å². The van der Waals surface area contributed by atoms with Gasteiger partial charge in [-0.2, -0.15) is 0 Å². The molecule has 0 aliphatic carbocycles. The maximum absolute atomic E-state index is 11.5. The van der Waals surface area contributed by atoms with Crippen LogP contribution < -0.4 is 0 Å². The minimum absolute atomic E-state index is 0.280. The van der Waals surface area contributed by atoms with E-state index < -0.39 is 54.6 Å². The van der Waals surface area contributed by atoms with Crippen LogP contribution in [0.1, 0.15) is 27.7 Å². The van der Waals surface area contributed by atoms with Crippen molar-refractivity contribution >= 4 is 23.9 Å². The highest BCUT2D eigenvalue weighted by Crippen LogP contribution is 2.29. The summed E-state index contributed by atoms with van der Waals surface area (Å²) in [7, 11) is 1.29. The molecule has 0 aromatic carbocycles. The number of hydrogen-bond donors (Lipinski definition) is 0. The highest BCUT2D eigenvalue weighted by Gasteiger charge is 2.52. The van der Waals surface area contributed by atoms with Gasteiger partial charge in [-0.05, 0) is 0 Å². The predicted molar refractivity (Wildman–Crippen MR) is 79.0 cm³/mol. The van der Waals surface area contributed by atoms with Crippen molar-refractivity contribution in [1.82, 2.24) is 0 Å². The Hall–Kier alpha value is -2.20. The van der Waals surface area contributed by atoms with E-state index in [-0.39, 0.29) is 6.61 Å². The van der Waals surface area contributed by atoms with Crippen LogP contribution in [0.15, 0.2) is 0 Å². The van der Waals surface area contributed by atoms with Gasteiger partial charge in [0.15, 0.2) is 24.6 Å². The van der Waals surface area contributed by atoms with Crippen molar-refractivity contribution < 1.29 is 47.6 Å². The molecule has 0 amide bonds. The molecule has 10 heteroatoms. The number of esters is 4. The Bertz CT molecular complexity index is 516. The van der Waals surface area contributed by atoms with Gasteiger partial charge in [0.1, 0.15) is 12.7 Å². The highest BCUT2D eigenvalue weighted by atomic mass is 16.7. The fourth-order valence-corrected chi connectivity index (χ4v) is 2.38. The van der Waals surface area contributed by atoms with Crippen molar-refractivity contribution in [3.63, 3.8) is 0 Å². The molecule has 1 saturated heterocycles. The van der Waals surface area contributed by atoms with E-state index >= 15 is 0 Å². The van der Waals surface area contributed by atoms with Gasteiger partial charge in [0.2, 0.25) is 0 Å². The molecule has 0 aromatic heterocycles. The Morgan fingerprint density at radius 2 is 1.24 bits per heavy atom. The van der Waals surface area contributed by atoms with Crippen LogP contribution in [0, 0.1) is 0 Å². The smallest absolute Gasteiger partial charge is 0.303 e. The van der Waals surface area contributed by atoms with Crippen molar-refractivity contribution in [3.05, 3.63) is 0 Å². The minimum atomic E-state index is -1.20. The van der Waals surface area contributed by atoms with E-state index in [2.05, 4.69) is 0 Å². The molecule has 2 unspecified atom stereocenters. The van der Waals surface area contributed by atoms with Gasteiger partial charge in [-0.25, -0.2) is 0 Å². The van der Waals surface area contributed by atoms with Crippen LogP contribution >= 0.6 is 0 Å². The quantitative estimate of drug-likeness (QED) is 0.460. The van der Waals surface area contributed by atoms with Crippen LogP contribution in [0.3, 0.4) is 0 Å². The molecule has 10 nitrogen and oxygen atoms in total. The Kier molecular flexibility index (Phi) is 7.78. The van der Waals surface area contributed by atoms with Gasteiger partial charge in [0, 0.05) is 34.8 Å². The SMILES string of the molecule is COC1OC(COC(C)=O)[C@H](OC(C)=O)[C@H](OC(C)=O)[C@H]1OC(C)=O. The minimum Gasteiger partial charge on any atom is -0.463 e. The van der Waals surface area contributed by atoms with Crippen molar-refractivity contribution in [2.45, 2.75) is 58.4 Å². The molecule has 0 bridgehead atoms. The maximum Gasteiger partial charge on any atom is 0.303 e. The lowest BCUT2D eigenvalue weighted by atomic mass is 9.98. The largest absolute Gasteiger partial charge is 0.463 e. The van der Waals surface area contributed by atoms with Crippen molar-refractivity contribution in [1.29, 1.82) is 0 Å². The predicted octanol–water partition coefficient (Wildman–Crippen LogP) is -0.284. The topological polar surface area (TPSA) is 124 Å². The lowest BCUT2D eigenvalue weighted by molar-refractivity contribution is -0.302. The van der Waals surface area contributed by atoms with Crippen LogP contribution in [-0.2, 0) is 47.6 Å². The molecule has 0 spiro atoms. The summed E-state index contributed by atoms with van der Waals surface area (Å²) in [4.78, 5) is 45.4. The van der Waals surface area contributed by atoms with Crippen molar-refractivity contribution in [3.8, 4) is 0 Å². The van der Waals surface area contributed by atoms with Crippen LogP contribution in [0.5, 0.6) is 0 Å². The summed E-state index contributed by atoms with van der Waals surface area (Å²) in [5, 5.41) is 0. The lowest BCUT2D eigenvalue weighted by Crippen LogP contribution is -2.62. The van der Waals surface area contributed by atoms with Crippen LogP contribution in [-0.4, -0.2) is 68.3 Å². The lowest BCUT2D eigenvalue weighted by Gasteiger charge is -2.43. The molecule has 1 heterocycles. The van der Waals surface area contributed by atoms with E-state index in [4.69, 9.17) is 28.4 Å². The number of hydrogen-bond acceptors (Lipinski definition) is 10. The van der Waals surface area contributed by atoms with E-state index in [0.717, 1.165) is 20.8 Å². The molecule has 0 aromatic rings. The molecule has 0 radical (unpaired) electrons. The van der Waals surface area contributed by atoms with Gasteiger partial charge in [-0.3, -0.25) is 19.2 Å². The summed E-state index contributed by atoms with van der Waals surface area (Å²) in [5.41, 5.74) is 0. The molecular formula is C15H22O10. The second-order valence-electron chi connectivity index (χ2n) is 5.30. The van der Waals surface area contributed by atoms with E-state index in [9.17, 15) is 19.2 Å². The summed E-state index contributed by atoms with van der Waals surface area (Å²) in [6.07, 6.45) is -5.67. The van der Waals surface area contributed by atoms with Gasteiger partial charge in [0.25, 0.3) is 0 Å². The summed E-state index contributed by atoms with van der Waals surface area (Å²) < 4.78 is 31.1. The third kappa shape index (κ3) is 6.31. The molecule has 5 atom stereocenters. The Morgan fingerprint density at radius 3 is 1.68 bits per heavy atom. The van der Waals surface area contributed by atoms with Gasteiger partial charge < -0.3 is 28.4 Å². The van der Waals surface area contributed by atoms with Crippen LogP contribution in [0.2, 0.25) is 0 Å². The number of methoxy groups -OCH3 is 1.